The Morgan fingerprint density at radius 3 is 2.50 bits per heavy atom. The first-order valence-corrected chi connectivity index (χ1v) is 8.01. The van der Waals surface area contributed by atoms with E-state index in [-0.39, 0.29) is 0 Å². The van der Waals surface area contributed by atoms with E-state index in [0.717, 1.165) is 13.1 Å². The van der Waals surface area contributed by atoms with Gasteiger partial charge in [0.2, 0.25) is 0 Å². The average molecular weight is 264 g/mol. The fraction of sp³-hybridized carbons (Fsp3) is 0.600. The van der Waals surface area contributed by atoms with E-state index in [0.29, 0.717) is 6.04 Å². The molecule has 0 aliphatic carbocycles. The van der Waals surface area contributed by atoms with Gasteiger partial charge in [0.1, 0.15) is 0 Å². The monoisotopic (exact) mass is 264 g/mol. The van der Waals surface area contributed by atoms with Gasteiger partial charge in [-0.1, -0.05) is 38.1 Å². The van der Waals surface area contributed by atoms with Crippen molar-refractivity contribution in [3.63, 3.8) is 0 Å². The van der Waals surface area contributed by atoms with Gasteiger partial charge in [0.15, 0.2) is 0 Å². The standard InChI is InChI=1S/C15H24N2S/c1-13(2)16-11-14-5-3-4-6-15(14)12-17-7-9-18-10-8-17/h3-6,13,16H,7-12H2,1-2H3. The summed E-state index contributed by atoms with van der Waals surface area (Å²) in [5.41, 5.74) is 2.93. The molecule has 0 bridgehead atoms. The molecule has 0 aromatic heterocycles. The summed E-state index contributed by atoms with van der Waals surface area (Å²) in [7, 11) is 0. The molecule has 2 rings (SSSR count). The maximum Gasteiger partial charge on any atom is 0.0237 e. The van der Waals surface area contributed by atoms with E-state index in [1.54, 1.807) is 0 Å². The van der Waals surface area contributed by atoms with Crippen molar-refractivity contribution >= 4 is 11.8 Å². The molecule has 0 amide bonds. The van der Waals surface area contributed by atoms with E-state index in [2.05, 4.69) is 60.1 Å². The molecule has 1 N–H and O–H groups in total. The van der Waals surface area contributed by atoms with Crippen molar-refractivity contribution in [3.05, 3.63) is 35.4 Å². The summed E-state index contributed by atoms with van der Waals surface area (Å²) < 4.78 is 0. The highest BCUT2D eigenvalue weighted by Gasteiger charge is 2.12. The van der Waals surface area contributed by atoms with Crippen LogP contribution in [0.4, 0.5) is 0 Å². The Bertz CT molecular complexity index is 359. The van der Waals surface area contributed by atoms with Crippen molar-refractivity contribution in [1.29, 1.82) is 0 Å². The fourth-order valence-electron chi connectivity index (χ4n) is 2.20. The van der Waals surface area contributed by atoms with Crippen molar-refractivity contribution in [2.45, 2.75) is 33.0 Å². The lowest BCUT2D eigenvalue weighted by molar-refractivity contribution is 0.293. The molecule has 18 heavy (non-hydrogen) atoms. The van der Waals surface area contributed by atoms with Gasteiger partial charge in [-0.05, 0) is 11.1 Å². The van der Waals surface area contributed by atoms with Crippen molar-refractivity contribution in [1.82, 2.24) is 10.2 Å². The van der Waals surface area contributed by atoms with Crippen LogP contribution in [0.5, 0.6) is 0 Å². The third-order valence-corrected chi connectivity index (χ3v) is 4.26. The summed E-state index contributed by atoms with van der Waals surface area (Å²) in [5, 5.41) is 3.52. The third-order valence-electron chi connectivity index (χ3n) is 3.32. The molecule has 3 heteroatoms. The molecule has 1 aliphatic rings. The van der Waals surface area contributed by atoms with E-state index in [1.807, 2.05) is 0 Å². The Hall–Kier alpha value is -0.510. The number of benzene rings is 1. The molecule has 1 aromatic carbocycles. The van der Waals surface area contributed by atoms with Crippen molar-refractivity contribution in [3.8, 4) is 0 Å². The molecule has 0 spiro atoms. The molecule has 2 nitrogen and oxygen atoms in total. The minimum absolute atomic E-state index is 0.546. The minimum Gasteiger partial charge on any atom is -0.310 e. The number of nitrogens with zero attached hydrogens (tertiary/aromatic N) is 1. The van der Waals surface area contributed by atoms with Crippen LogP contribution in [-0.4, -0.2) is 35.5 Å². The Kier molecular flexibility index (Phi) is 5.54. The van der Waals surface area contributed by atoms with E-state index in [4.69, 9.17) is 0 Å². The van der Waals surface area contributed by atoms with Crippen LogP contribution >= 0.6 is 11.8 Å². The lowest BCUT2D eigenvalue weighted by Crippen LogP contribution is -2.32. The first-order valence-electron chi connectivity index (χ1n) is 6.86. The number of hydrogen-bond acceptors (Lipinski definition) is 3. The van der Waals surface area contributed by atoms with Crippen molar-refractivity contribution in [2.75, 3.05) is 24.6 Å². The number of rotatable bonds is 5. The second kappa shape index (κ2) is 7.17. The largest absolute Gasteiger partial charge is 0.310 e. The van der Waals surface area contributed by atoms with Gasteiger partial charge in [-0.3, -0.25) is 4.90 Å². The predicted octanol–water partition coefficient (Wildman–Crippen LogP) is 2.73. The molecular weight excluding hydrogens is 240 g/mol. The summed E-state index contributed by atoms with van der Waals surface area (Å²) in [4.78, 5) is 2.57. The molecule has 1 heterocycles. The second-order valence-electron chi connectivity index (χ2n) is 5.19. The molecule has 0 atom stereocenters. The Balaban J connectivity index is 1.97. The van der Waals surface area contributed by atoms with Gasteiger partial charge in [0.05, 0.1) is 0 Å². The lowest BCUT2D eigenvalue weighted by atomic mass is 10.1. The van der Waals surface area contributed by atoms with E-state index in [1.165, 1.54) is 35.7 Å². The quantitative estimate of drug-likeness (QED) is 0.880. The maximum atomic E-state index is 3.52. The van der Waals surface area contributed by atoms with Gasteiger partial charge in [-0.25, -0.2) is 0 Å². The van der Waals surface area contributed by atoms with Crippen LogP contribution in [0.15, 0.2) is 24.3 Å². The second-order valence-corrected chi connectivity index (χ2v) is 6.42. The van der Waals surface area contributed by atoms with Crippen molar-refractivity contribution < 1.29 is 0 Å². The minimum atomic E-state index is 0.546. The molecule has 0 radical (unpaired) electrons. The summed E-state index contributed by atoms with van der Waals surface area (Å²) in [6.07, 6.45) is 0. The highest BCUT2D eigenvalue weighted by molar-refractivity contribution is 7.99. The van der Waals surface area contributed by atoms with Crippen LogP contribution < -0.4 is 5.32 Å². The summed E-state index contributed by atoms with van der Waals surface area (Å²) in [6, 6.07) is 9.38. The zero-order valence-electron chi connectivity index (χ0n) is 11.5. The van der Waals surface area contributed by atoms with Crippen LogP contribution in [0.25, 0.3) is 0 Å². The smallest absolute Gasteiger partial charge is 0.0237 e. The van der Waals surface area contributed by atoms with Gasteiger partial charge in [-0.2, -0.15) is 11.8 Å². The predicted molar refractivity (Wildman–Crippen MR) is 81.0 cm³/mol. The van der Waals surface area contributed by atoms with Crippen LogP contribution in [0.1, 0.15) is 25.0 Å². The molecule has 1 fully saturated rings. The molecule has 1 aromatic rings. The molecular formula is C15H24N2S. The first kappa shape index (κ1) is 13.9. The van der Waals surface area contributed by atoms with Gasteiger partial charge < -0.3 is 5.32 Å². The third kappa shape index (κ3) is 4.30. The van der Waals surface area contributed by atoms with E-state index >= 15 is 0 Å². The van der Waals surface area contributed by atoms with Crippen LogP contribution in [0.2, 0.25) is 0 Å². The average Bonchev–Trinajstić information content (AvgIpc) is 2.39. The van der Waals surface area contributed by atoms with Gasteiger partial charge in [0.25, 0.3) is 0 Å². The summed E-state index contributed by atoms with van der Waals surface area (Å²) >= 11 is 2.07. The number of thioether (sulfide) groups is 1. The molecule has 1 aliphatic heterocycles. The van der Waals surface area contributed by atoms with Gasteiger partial charge in [0, 0.05) is 43.7 Å². The SMILES string of the molecule is CC(C)NCc1ccccc1CN1CCSCC1. The topological polar surface area (TPSA) is 15.3 Å². The Morgan fingerprint density at radius 2 is 1.83 bits per heavy atom. The fourth-order valence-corrected chi connectivity index (χ4v) is 3.18. The molecule has 100 valence electrons. The highest BCUT2D eigenvalue weighted by atomic mass is 32.2. The summed E-state index contributed by atoms with van der Waals surface area (Å²) in [6.45, 7) is 8.95. The summed E-state index contributed by atoms with van der Waals surface area (Å²) in [5.74, 6) is 2.57. The van der Waals surface area contributed by atoms with Crippen LogP contribution in [0.3, 0.4) is 0 Å². The molecule has 1 saturated heterocycles. The van der Waals surface area contributed by atoms with E-state index in [9.17, 15) is 0 Å². The number of nitrogens with one attached hydrogen (secondary N) is 1. The zero-order chi connectivity index (χ0) is 12.8. The van der Waals surface area contributed by atoms with Gasteiger partial charge in [-0.15, -0.1) is 0 Å². The molecule has 0 saturated carbocycles. The van der Waals surface area contributed by atoms with Crippen LogP contribution in [0, 0.1) is 0 Å². The molecule has 0 unspecified atom stereocenters. The van der Waals surface area contributed by atoms with Crippen LogP contribution in [-0.2, 0) is 13.1 Å². The number of hydrogen-bond donors (Lipinski definition) is 1. The highest BCUT2D eigenvalue weighted by Crippen LogP contribution is 2.16. The Labute approximate surface area is 115 Å². The van der Waals surface area contributed by atoms with Gasteiger partial charge >= 0.3 is 0 Å². The van der Waals surface area contributed by atoms with Crippen molar-refractivity contribution in [2.24, 2.45) is 0 Å². The maximum absolute atomic E-state index is 3.52. The first-order chi connectivity index (χ1) is 8.75. The lowest BCUT2D eigenvalue weighted by Gasteiger charge is -2.27. The normalized spacial score (nSPS) is 17.3. The zero-order valence-corrected chi connectivity index (χ0v) is 12.3. The Morgan fingerprint density at radius 1 is 1.17 bits per heavy atom. The van der Waals surface area contributed by atoms with E-state index < -0.39 is 0 Å².